The number of methoxy groups -OCH3 is 1. The molecule has 0 spiro atoms. The molecule has 2 aliphatic heterocycles. The Balaban J connectivity index is 1.45. The molecule has 0 saturated carbocycles. The van der Waals surface area contributed by atoms with Crippen LogP contribution in [0.4, 0.5) is 0 Å². The molecular weight excluding hydrogens is 931 g/mol. The minimum atomic E-state index is -1.97. The smallest absolute Gasteiger partial charge is 0.305 e. The van der Waals surface area contributed by atoms with Crippen LogP contribution in [0, 0.1) is 0 Å². The van der Waals surface area contributed by atoms with Gasteiger partial charge in [-0.2, -0.15) is 0 Å². The lowest BCUT2D eigenvalue weighted by Crippen LogP contribution is -2.64. The molecule has 10 N–H and O–H groups in total. The molecule has 8 amide bonds. The van der Waals surface area contributed by atoms with E-state index in [1.165, 1.54) is 31.5 Å². The van der Waals surface area contributed by atoms with Crippen molar-refractivity contribution >= 4 is 64.1 Å². The summed E-state index contributed by atoms with van der Waals surface area (Å²) < 4.78 is 5.33. The van der Waals surface area contributed by atoms with Gasteiger partial charge >= 0.3 is 5.97 Å². The molecule has 72 heavy (non-hydrogen) atoms. The molecule has 2 aromatic carbocycles. The number of para-hydroxylation sites is 1. The molecule has 6 rings (SSSR count). The molecule has 0 bridgehead atoms. The maximum Gasteiger partial charge on any atom is 0.305 e. The van der Waals surface area contributed by atoms with E-state index in [1.54, 1.807) is 30.5 Å². The number of nitrogens with zero attached hydrogens (tertiary/aromatic N) is 3. The predicted octanol–water partition coefficient (Wildman–Crippen LogP) is 0.894. The second-order valence-electron chi connectivity index (χ2n) is 18.2. The minimum Gasteiger partial charge on any atom is -0.497 e. The van der Waals surface area contributed by atoms with Crippen molar-refractivity contribution in [3.8, 4) is 5.75 Å². The van der Waals surface area contributed by atoms with Gasteiger partial charge in [0, 0.05) is 68.3 Å². The number of primary amides is 1. The molecule has 4 heterocycles. The maximum atomic E-state index is 14.9. The number of aromatic nitrogens is 3. The summed E-state index contributed by atoms with van der Waals surface area (Å²) in [4.78, 5) is 139. The lowest BCUT2D eigenvalue weighted by molar-refractivity contribution is -0.154. The number of carboxylic acid groups (broad SMARTS) is 1. The first-order chi connectivity index (χ1) is 34.6. The summed E-state index contributed by atoms with van der Waals surface area (Å²) in [5.74, 6) is -7.46. The maximum absolute atomic E-state index is 14.9. The number of aliphatic carboxylic acids is 1. The lowest BCUT2D eigenvalue weighted by Gasteiger charge is -2.38. The monoisotopic (exact) mass is 995 g/mol. The number of nitrogens with two attached hydrogens (primary N) is 1. The van der Waals surface area contributed by atoms with E-state index in [0.29, 0.717) is 36.3 Å². The van der Waals surface area contributed by atoms with Crippen molar-refractivity contribution in [3.63, 3.8) is 0 Å². The van der Waals surface area contributed by atoms with Crippen LogP contribution in [-0.4, -0.2) is 146 Å². The number of aromatic amines is 2. The Kier molecular flexibility index (Phi) is 18.9. The van der Waals surface area contributed by atoms with Gasteiger partial charge in [0.15, 0.2) is 0 Å². The molecule has 2 aliphatic rings. The highest BCUT2D eigenvalue weighted by Gasteiger charge is 2.44. The van der Waals surface area contributed by atoms with Crippen molar-refractivity contribution in [1.82, 2.24) is 51.3 Å². The number of hydrogen-bond donors (Lipinski definition) is 9. The number of carboxylic acids is 1. The van der Waals surface area contributed by atoms with Gasteiger partial charge in [0.05, 0.1) is 19.9 Å². The Morgan fingerprint density at radius 2 is 1.58 bits per heavy atom. The molecule has 0 radical (unpaired) electrons. The third-order valence-corrected chi connectivity index (χ3v) is 13.0. The van der Waals surface area contributed by atoms with E-state index in [-0.39, 0.29) is 64.5 Å². The number of nitrogens with one attached hydrogen (secondary N) is 7. The highest BCUT2D eigenvalue weighted by Crippen LogP contribution is 2.24. The first-order valence-corrected chi connectivity index (χ1v) is 24.3. The first kappa shape index (κ1) is 53.6. The van der Waals surface area contributed by atoms with Gasteiger partial charge in [-0.15, -0.1) is 0 Å². The van der Waals surface area contributed by atoms with E-state index in [4.69, 9.17) is 10.5 Å². The third-order valence-electron chi connectivity index (χ3n) is 13.0. The van der Waals surface area contributed by atoms with Gasteiger partial charge in [-0.3, -0.25) is 43.2 Å². The number of imidazole rings is 1. The molecule has 0 unspecified atom stereocenters. The number of carbonyl (C=O) groups excluding carboxylic acids is 8. The van der Waals surface area contributed by atoms with Crippen LogP contribution < -0.4 is 37.1 Å². The molecule has 386 valence electrons. The summed E-state index contributed by atoms with van der Waals surface area (Å²) in [6.45, 7) is 3.20. The van der Waals surface area contributed by atoms with Crippen molar-refractivity contribution in [2.45, 2.75) is 133 Å². The van der Waals surface area contributed by atoms with Crippen molar-refractivity contribution in [1.29, 1.82) is 0 Å². The summed E-state index contributed by atoms with van der Waals surface area (Å²) >= 11 is 0. The number of fused-ring (bicyclic) bond motifs is 2. The van der Waals surface area contributed by atoms with E-state index in [1.807, 2.05) is 31.2 Å². The number of ether oxygens (including phenoxy) is 1. The second kappa shape index (κ2) is 25.4. The van der Waals surface area contributed by atoms with Gasteiger partial charge in [0.2, 0.25) is 47.3 Å². The van der Waals surface area contributed by atoms with Crippen LogP contribution in [-0.2, 0) is 62.4 Å². The molecule has 7 atom stereocenters. The number of unbranched alkanes of at least 4 members (excludes halogenated alkanes) is 1. The average molecular weight is 996 g/mol. The average Bonchev–Trinajstić information content (AvgIpc) is 4.15. The van der Waals surface area contributed by atoms with Gasteiger partial charge < -0.3 is 61.9 Å². The summed E-state index contributed by atoms with van der Waals surface area (Å²) in [6.07, 6.45) is 5.00. The Morgan fingerprint density at radius 1 is 0.861 bits per heavy atom. The Labute approximate surface area is 416 Å². The Bertz CT molecular complexity index is 2570. The fraction of sp³-hybridized carbons (Fsp3) is 0.480. The molecular formula is C50H65N11O11. The molecule has 2 saturated heterocycles. The fourth-order valence-corrected chi connectivity index (χ4v) is 9.38. The van der Waals surface area contributed by atoms with Crippen LogP contribution in [0.15, 0.2) is 67.3 Å². The predicted molar refractivity (Wildman–Crippen MR) is 261 cm³/mol. The van der Waals surface area contributed by atoms with Gasteiger partial charge in [0.1, 0.15) is 48.0 Å². The zero-order valence-corrected chi connectivity index (χ0v) is 40.7. The van der Waals surface area contributed by atoms with Crippen LogP contribution in [0.1, 0.15) is 88.5 Å². The number of rotatable bonds is 15. The standard InChI is InChI=1S/C50H65N11O11/c1-4-5-12-36(56-29(2)62)50(71)61-40(44(51)65)14-8-9-20-53-45(66)37(23-31-26-54-35-13-7-6-11-34(31)35)57-47(68)41-15-10-21-60(41)49(70)39(22-30-16-18-33(72-3)19-17-30)59-46(67)38(24-32-27-52-28-55-32)58-48(69)42(61)25-43(63)64/h6-7,11,13,16-19,26-28,36-42,54H,4-5,8-10,12,14-15,20-25H2,1-3H3,(H2,51,65)(H,52,55)(H,53,66)(H,56,62)(H,57,68)(H,58,69)(H,59,67)(H,63,64)/t36-,37-,38-,39+,40-,41-,42-/m0/s1. The van der Waals surface area contributed by atoms with E-state index in [9.17, 15) is 48.3 Å². The largest absolute Gasteiger partial charge is 0.497 e. The highest BCUT2D eigenvalue weighted by molar-refractivity contribution is 6.00. The summed E-state index contributed by atoms with van der Waals surface area (Å²) in [5, 5.41) is 24.9. The Hall–Kier alpha value is -7.78. The summed E-state index contributed by atoms with van der Waals surface area (Å²) in [5.41, 5.74) is 8.52. The molecule has 2 fully saturated rings. The van der Waals surface area contributed by atoms with Gasteiger partial charge in [-0.05, 0) is 67.9 Å². The number of H-pyrrole nitrogens is 2. The fourth-order valence-electron chi connectivity index (χ4n) is 9.38. The van der Waals surface area contributed by atoms with E-state index >= 15 is 0 Å². The molecule has 4 aromatic rings. The van der Waals surface area contributed by atoms with Crippen LogP contribution >= 0.6 is 0 Å². The summed E-state index contributed by atoms with van der Waals surface area (Å²) in [6, 6.07) is 4.25. The van der Waals surface area contributed by atoms with Gasteiger partial charge in [0.25, 0.3) is 0 Å². The topological polar surface area (TPSA) is 320 Å². The minimum absolute atomic E-state index is 0.0206. The van der Waals surface area contributed by atoms with Crippen LogP contribution in [0.5, 0.6) is 5.75 Å². The number of carbonyl (C=O) groups is 9. The zero-order chi connectivity index (χ0) is 51.9. The van der Waals surface area contributed by atoms with Crippen LogP contribution in [0.3, 0.4) is 0 Å². The summed E-state index contributed by atoms with van der Waals surface area (Å²) in [7, 11) is 1.49. The molecule has 22 nitrogen and oxygen atoms in total. The van der Waals surface area contributed by atoms with Gasteiger partial charge in [-0.25, -0.2) is 4.98 Å². The molecule has 22 heteroatoms. The van der Waals surface area contributed by atoms with E-state index < -0.39 is 102 Å². The Morgan fingerprint density at radius 3 is 2.26 bits per heavy atom. The molecule has 2 aromatic heterocycles. The van der Waals surface area contributed by atoms with Crippen LogP contribution in [0.25, 0.3) is 10.9 Å². The number of amides is 8. The SMILES string of the molecule is CCCC[C@H](NC(C)=O)C(=O)N1[C@H](C(N)=O)CCCCNC(=O)[C@H](Cc2c[nH]c3ccccc23)NC(=O)[C@@H]2CCCN2C(=O)[C@@H](Cc2ccc(OC)cc2)NC(=O)[C@H](Cc2cnc[nH]2)NC(=O)[C@@H]1CC(=O)O. The quantitative estimate of drug-likeness (QED) is 0.0803. The van der Waals surface area contributed by atoms with Gasteiger partial charge in [-0.1, -0.05) is 50.1 Å². The number of benzene rings is 2. The van der Waals surface area contributed by atoms with Crippen molar-refractivity contribution in [2.75, 3.05) is 20.2 Å². The molecule has 0 aliphatic carbocycles. The van der Waals surface area contributed by atoms with Crippen molar-refractivity contribution in [2.24, 2.45) is 5.73 Å². The number of hydrogen-bond acceptors (Lipinski definition) is 11. The normalized spacial score (nSPS) is 22.3. The first-order valence-electron chi connectivity index (χ1n) is 24.3. The van der Waals surface area contributed by atoms with E-state index in [0.717, 1.165) is 21.4 Å². The van der Waals surface area contributed by atoms with Crippen molar-refractivity contribution < 1.29 is 53.0 Å². The highest BCUT2D eigenvalue weighted by atomic mass is 16.5. The van der Waals surface area contributed by atoms with Crippen molar-refractivity contribution in [3.05, 3.63) is 84.1 Å². The third kappa shape index (κ3) is 14.0. The van der Waals surface area contributed by atoms with Crippen LogP contribution in [0.2, 0.25) is 0 Å². The van der Waals surface area contributed by atoms with E-state index in [2.05, 4.69) is 41.5 Å². The second-order valence-corrected chi connectivity index (χ2v) is 18.2. The zero-order valence-electron chi connectivity index (χ0n) is 40.7. The lowest BCUT2D eigenvalue weighted by atomic mass is 9.98.